The highest BCUT2D eigenvalue weighted by Crippen LogP contribution is 2.33. The third kappa shape index (κ3) is 3.87. The Morgan fingerprint density at radius 2 is 1.16 bits per heavy atom. The average molecular weight is 433 g/mol. The molecular formula is C26H32N4O2. The van der Waals surface area contributed by atoms with Gasteiger partial charge in [-0.15, -0.1) is 0 Å². The Bertz CT molecular complexity index is 921. The predicted octanol–water partition coefficient (Wildman–Crippen LogP) is 2.64. The van der Waals surface area contributed by atoms with Crippen LogP contribution in [0.15, 0.2) is 72.4 Å². The van der Waals surface area contributed by atoms with Crippen molar-refractivity contribution in [2.75, 3.05) is 68.8 Å². The van der Waals surface area contributed by atoms with E-state index >= 15 is 0 Å². The van der Waals surface area contributed by atoms with Gasteiger partial charge in [0.15, 0.2) is 6.29 Å². The lowest BCUT2D eigenvalue weighted by molar-refractivity contribution is -0.0701. The second kappa shape index (κ2) is 8.77. The van der Waals surface area contributed by atoms with Gasteiger partial charge in [-0.05, 0) is 30.3 Å². The maximum atomic E-state index is 6.35. The van der Waals surface area contributed by atoms with E-state index in [9.17, 15) is 0 Å². The number of hydrogen-bond acceptors (Lipinski definition) is 6. The van der Waals surface area contributed by atoms with E-state index in [1.54, 1.807) is 0 Å². The summed E-state index contributed by atoms with van der Waals surface area (Å²) < 4.78 is 12.4. The number of benzene rings is 2. The van der Waals surface area contributed by atoms with Gasteiger partial charge in [0.25, 0.3) is 0 Å². The number of para-hydroxylation sites is 2. The van der Waals surface area contributed by atoms with Crippen LogP contribution in [0.25, 0.3) is 0 Å². The van der Waals surface area contributed by atoms with Crippen LogP contribution < -0.4 is 9.80 Å². The van der Waals surface area contributed by atoms with Gasteiger partial charge in [-0.2, -0.15) is 0 Å². The Morgan fingerprint density at radius 3 is 1.75 bits per heavy atom. The van der Waals surface area contributed by atoms with Crippen LogP contribution in [0.4, 0.5) is 11.4 Å². The molecule has 6 rings (SSSR count). The van der Waals surface area contributed by atoms with Crippen molar-refractivity contribution in [2.45, 2.75) is 18.4 Å². The van der Waals surface area contributed by atoms with Crippen molar-refractivity contribution in [1.29, 1.82) is 0 Å². The second-order valence-electron chi connectivity index (χ2n) is 9.09. The molecule has 0 saturated carbocycles. The van der Waals surface area contributed by atoms with Crippen LogP contribution in [0.1, 0.15) is 0 Å². The molecule has 4 aliphatic heterocycles. The molecule has 0 aliphatic carbocycles. The van der Waals surface area contributed by atoms with Crippen molar-refractivity contribution in [3.8, 4) is 0 Å². The van der Waals surface area contributed by atoms with Crippen molar-refractivity contribution in [3.05, 3.63) is 72.4 Å². The topological polar surface area (TPSA) is 31.4 Å². The Balaban J connectivity index is 1.12. The van der Waals surface area contributed by atoms with E-state index in [4.69, 9.17) is 9.47 Å². The molecule has 6 heteroatoms. The molecule has 0 spiro atoms. The van der Waals surface area contributed by atoms with Crippen molar-refractivity contribution in [1.82, 2.24) is 9.80 Å². The van der Waals surface area contributed by atoms with Crippen LogP contribution in [0.5, 0.6) is 0 Å². The average Bonchev–Trinajstić information content (AvgIpc) is 3.29. The molecule has 0 amide bonds. The fraction of sp³-hybridized carbons (Fsp3) is 0.462. The minimum Gasteiger partial charge on any atom is -0.369 e. The van der Waals surface area contributed by atoms with Gasteiger partial charge >= 0.3 is 0 Å². The monoisotopic (exact) mass is 432 g/mol. The third-order valence-corrected chi connectivity index (χ3v) is 7.30. The lowest BCUT2D eigenvalue weighted by atomic mass is 10.0. The molecule has 32 heavy (non-hydrogen) atoms. The number of nitrogens with zero attached hydrogens (tertiary/aromatic N) is 4. The first-order valence-electron chi connectivity index (χ1n) is 11.9. The number of fused-ring (bicyclic) bond motifs is 2. The second-order valence-corrected chi connectivity index (χ2v) is 9.09. The molecule has 3 unspecified atom stereocenters. The zero-order valence-electron chi connectivity index (χ0n) is 18.6. The molecule has 2 aromatic rings. The van der Waals surface area contributed by atoms with E-state index in [-0.39, 0.29) is 12.4 Å². The molecule has 3 saturated heterocycles. The van der Waals surface area contributed by atoms with Crippen LogP contribution in [0.2, 0.25) is 0 Å². The van der Waals surface area contributed by atoms with E-state index in [0.29, 0.717) is 12.6 Å². The van der Waals surface area contributed by atoms with Gasteiger partial charge in [0, 0.05) is 63.7 Å². The van der Waals surface area contributed by atoms with Crippen LogP contribution in [0, 0.1) is 0 Å². The van der Waals surface area contributed by atoms with Crippen LogP contribution in [-0.4, -0.2) is 87.2 Å². The number of ether oxygens (including phenoxy) is 2. The molecule has 0 aromatic heterocycles. The molecule has 0 N–H and O–H groups in total. The van der Waals surface area contributed by atoms with Crippen molar-refractivity contribution in [2.24, 2.45) is 0 Å². The number of anilines is 2. The number of piperazine rings is 2. The highest BCUT2D eigenvalue weighted by atomic mass is 16.7. The number of hydrogen-bond donors (Lipinski definition) is 0. The van der Waals surface area contributed by atoms with E-state index in [2.05, 4.69) is 86.3 Å². The Labute approximate surface area is 190 Å². The summed E-state index contributed by atoms with van der Waals surface area (Å²) in [6.07, 6.45) is 2.42. The summed E-state index contributed by atoms with van der Waals surface area (Å²) in [5.41, 5.74) is 3.87. The van der Waals surface area contributed by atoms with Gasteiger partial charge in [-0.3, -0.25) is 4.90 Å². The smallest absolute Gasteiger partial charge is 0.199 e. The quantitative estimate of drug-likeness (QED) is 0.739. The van der Waals surface area contributed by atoms with Gasteiger partial charge in [0.05, 0.1) is 18.3 Å². The van der Waals surface area contributed by atoms with Crippen LogP contribution >= 0.6 is 0 Å². The van der Waals surface area contributed by atoms with Gasteiger partial charge in [0.2, 0.25) is 0 Å². The minimum absolute atomic E-state index is 0.151. The number of rotatable bonds is 4. The minimum atomic E-state index is -0.190. The molecule has 3 atom stereocenters. The summed E-state index contributed by atoms with van der Waals surface area (Å²) in [5.74, 6) is 0. The molecular weight excluding hydrogens is 400 g/mol. The lowest BCUT2D eigenvalue weighted by Gasteiger charge is -2.44. The van der Waals surface area contributed by atoms with Gasteiger partial charge in [0.1, 0.15) is 6.10 Å². The summed E-state index contributed by atoms with van der Waals surface area (Å²) in [4.78, 5) is 10.0. The highest BCUT2D eigenvalue weighted by molar-refractivity contribution is 5.47. The van der Waals surface area contributed by atoms with E-state index < -0.39 is 0 Å². The summed E-state index contributed by atoms with van der Waals surface area (Å²) >= 11 is 0. The summed E-state index contributed by atoms with van der Waals surface area (Å²) in [5, 5.41) is 0. The summed E-state index contributed by atoms with van der Waals surface area (Å²) in [7, 11) is 0. The van der Waals surface area contributed by atoms with Gasteiger partial charge < -0.3 is 24.2 Å². The first-order chi connectivity index (χ1) is 15.8. The standard InChI is InChI=1S/C26H32N4O2/c1-3-7-21(8-4-1)27-11-15-29(16-12-27)23-19-24(26-31-20-25(23)32-26)30-17-13-28(14-18-30)22-9-5-2-6-10-22/h1-10,19,23,25-26H,11-18,20H2. The van der Waals surface area contributed by atoms with Gasteiger partial charge in [-0.1, -0.05) is 36.4 Å². The van der Waals surface area contributed by atoms with Crippen LogP contribution in [0.3, 0.4) is 0 Å². The fourth-order valence-electron chi connectivity index (χ4n) is 5.49. The van der Waals surface area contributed by atoms with E-state index in [0.717, 1.165) is 52.4 Å². The maximum absolute atomic E-state index is 6.35. The molecule has 3 fully saturated rings. The Hall–Kier alpha value is -2.54. The first-order valence-corrected chi connectivity index (χ1v) is 11.9. The Morgan fingerprint density at radius 1 is 0.625 bits per heavy atom. The SMILES string of the molecule is C1=C(N2CCN(c3ccccc3)CC2)C2OCC(O2)C1N1CCN(c2ccccc2)CC1. The fourth-order valence-corrected chi connectivity index (χ4v) is 5.49. The Kier molecular flexibility index (Phi) is 5.51. The van der Waals surface area contributed by atoms with Crippen LogP contribution in [-0.2, 0) is 9.47 Å². The molecule has 2 bridgehead atoms. The van der Waals surface area contributed by atoms with Crippen molar-refractivity contribution in [3.63, 3.8) is 0 Å². The van der Waals surface area contributed by atoms with E-state index in [1.165, 1.54) is 17.1 Å². The van der Waals surface area contributed by atoms with Crippen molar-refractivity contribution < 1.29 is 9.47 Å². The summed E-state index contributed by atoms with van der Waals surface area (Å²) in [6, 6.07) is 21.8. The predicted molar refractivity (Wildman–Crippen MR) is 127 cm³/mol. The lowest BCUT2D eigenvalue weighted by Crippen LogP contribution is -2.55. The first kappa shape index (κ1) is 20.1. The molecule has 6 nitrogen and oxygen atoms in total. The van der Waals surface area contributed by atoms with E-state index in [1.807, 2.05) is 0 Å². The largest absolute Gasteiger partial charge is 0.369 e. The van der Waals surface area contributed by atoms with Gasteiger partial charge in [-0.25, -0.2) is 0 Å². The zero-order valence-corrected chi connectivity index (χ0v) is 18.6. The normalized spacial score (nSPS) is 28.7. The molecule has 0 radical (unpaired) electrons. The summed E-state index contributed by atoms with van der Waals surface area (Å²) in [6.45, 7) is 8.96. The molecule has 168 valence electrons. The molecule has 4 aliphatic rings. The molecule has 4 heterocycles. The third-order valence-electron chi connectivity index (χ3n) is 7.30. The molecule has 2 aromatic carbocycles. The highest BCUT2D eigenvalue weighted by Gasteiger charge is 2.43. The maximum Gasteiger partial charge on any atom is 0.199 e. The van der Waals surface area contributed by atoms with Crippen molar-refractivity contribution >= 4 is 11.4 Å². The zero-order chi connectivity index (χ0) is 21.3.